The van der Waals surface area contributed by atoms with Crippen LogP contribution < -0.4 is 5.32 Å². The molecule has 1 rings (SSSR count). The normalized spacial score (nSPS) is 26.3. The van der Waals surface area contributed by atoms with Gasteiger partial charge in [-0.25, -0.2) is 0 Å². The molecule has 0 aromatic rings. The average Bonchev–Trinajstić information content (AvgIpc) is 2.49. The van der Waals surface area contributed by atoms with Crippen LogP contribution in [-0.2, 0) is 0 Å². The predicted octanol–water partition coefficient (Wildman–Crippen LogP) is 3.02. The van der Waals surface area contributed by atoms with E-state index in [-0.39, 0.29) is 6.10 Å². The molecule has 0 amide bonds. The molecule has 1 saturated carbocycles. The van der Waals surface area contributed by atoms with Gasteiger partial charge in [-0.2, -0.15) is 0 Å². The minimum absolute atomic E-state index is 0.115. The van der Waals surface area contributed by atoms with Crippen LogP contribution in [-0.4, -0.2) is 23.8 Å². The molecule has 0 radical (unpaired) electrons. The van der Waals surface area contributed by atoms with E-state index in [0.29, 0.717) is 6.04 Å². The SMILES string of the molecule is C=CCCCCCNC1CCCCCC1O. The molecule has 0 saturated heterocycles. The van der Waals surface area contributed by atoms with E-state index < -0.39 is 0 Å². The molecule has 1 aliphatic carbocycles. The van der Waals surface area contributed by atoms with E-state index in [2.05, 4.69) is 11.9 Å². The molecule has 1 aliphatic rings. The number of unbranched alkanes of at least 4 members (excludes halogenated alkanes) is 3. The molecule has 2 unspecified atom stereocenters. The third-order valence-electron chi connectivity index (χ3n) is 3.47. The van der Waals surface area contributed by atoms with Gasteiger partial charge in [0.1, 0.15) is 0 Å². The summed E-state index contributed by atoms with van der Waals surface area (Å²) in [5.41, 5.74) is 0. The maximum absolute atomic E-state index is 9.91. The highest BCUT2D eigenvalue weighted by Crippen LogP contribution is 2.18. The van der Waals surface area contributed by atoms with Crippen molar-refractivity contribution < 1.29 is 5.11 Å². The van der Waals surface area contributed by atoms with Crippen LogP contribution in [0, 0.1) is 0 Å². The molecule has 16 heavy (non-hydrogen) atoms. The summed E-state index contributed by atoms with van der Waals surface area (Å²) < 4.78 is 0. The molecule has 1 fully saturated rings. The summed E-state index contributed by atoms with van der Waals surface area (Å²) in [4.78, 5) is 0. The zero-order valence-electron chi connectivity index (χ0n) is 10.5. The zero-order valence-corrected chi connectivity index (χ0v) is 10.5. The molecule has 0 spiro atoms. The van der Waals surface area contributed by atoms with Crippen molar-refractivity contribution in [1.29, 1.82) is 0 Å². The van der Waals surface area contributed by atoms with E-state index in [1.807, 2.05) is 6.08 Å². The van der Waals surface area contributed by atoms with Crippen molar-refractivity contribution >= 4 is 0 Å². The lowest BCUT2D eigenvalue weighted by Crippen LogP contribution is -2.39. The standard InChI is InChI=1S/C14H27NO/c1-2-3-4-5-9-12-15-13-10-7-6-8-11-14(13)16/h2,13-16H,1,3-12H2. The summed E-state index contributed by atoms with van der Waals surface area (Å²) in [5.74, 6) is 0. The summed E-state index contributed by atoms with van der Waals surface area (Å²) in [6.45, 7) is 4.78. The van der Waals surface area contributed by atoms with Crippen molar-refractivity contribution in [2.45, 2.75) is 69.9 Å². The monoisotopic (exact) mass is 225 g/mol. The van der Waals surface area contributed by atoms with Gasteiger partial charge in [-0.15, -0.1) is 6.58 Å². The van der Waals surface area contributed by atoms with E-state index in [0.717, 1.165) is 25.8 Å². The number of aliphatic hydroxyl groups is 1. The lowest BCUT2D eigenvalue weighted by atomic mass is 10.1. The molecule has 94 valence electrons. The third-order valence-corrected chi connectivity index (χ3v) is 3.47. The maximum atomic E-state index is 9.91. The summed E-state index contributed by atoms with van der Waals surface area (Å²) in [5, 5.41) is 13.4. The molecule has 2 atom stereocenters. The van der Waals surface area contributed by atoms with E-state index in [1.165, 1.54) is 38.5 Å². The van der Waals surface area contributed by atoms with Gasteiger partial charge in [-0.05, 0) is 38.6 Å². The topological polar surface area (TPSA) is 32.3 Å². The van der Waals surface area contributed by atoms with Crippen molar-refractivity contribution in [1.82, 2.24) is 5.32 Å². The Kier molecular flexibility index (Phi) is 7.52. The quantitative estimate of drug-likeness (QED) is 0.396. The molecule has 0 aromatic heterocycles. The molecule has 0 aliphatic heterocycles. The highest BCUT2D eigenvalue weighted by molar-refractivity contribution is 4.78. The molecule has 2 N–H and O–H groups in total. The van der Waals surface area contributed by atoms with Gasteiger partial charge in [0.2, 0.25) is 0 Å². The Hall–Kier alpha value is -0.340. The lowest BCUT2D eigenvalue weighted by molar-refractivity contribution is 0.120. The van der Waals surface area contributed by atoms with Gasteiger partial charge in [-0.1, -0.05) is 31.8 Å². The van der Waals surface area contributed by atoms with Crippen molar-refractivity contribution in [2.75, 3.05) is 6.54 Å². The number of rotatable bonds is 7. The van der Waals surface area contributed by atoms with Gasteiger partial charge in [0.15, 0.2) is 0 Å². The third kappa shape index (κ3) is 5.66. The Labute approximate surface area is 100 Å². The van der Waals surface area contributed by atoms with Gasteiger partial charge in [0, 0.05) is 6.04 Å². The van der Waals surface area contributed by atoms with Crippen LogP contribution in [0.15, 0.2) is 12.7 Å². The zero-order chi connectivity index (χ0) is 11.6. The first-order valence-corrected chi connectivity index (χ1v) is 6.87. The molecular weight excluding hydrogens is 198 g/mol. The van der Waals surface area contributed by atoms with Gasteiger partial charge in [0.25, 0.3) is 0 Å². The van der Waals surface area contributed by atoms with Gasteiger partial charge in [0.05, 0.1) is 6.10 Å². The van der Waals surface area contributed by atoms with Crippen LogP contribution in [0.2, 0.25) is 0 Å². The van der Waals surface area contributed by atoms with Crippen LogP contribution in [0.4, 0.5) is 0 Å². The molecule has 0 heterocycles. The van der Waals surface area contributed by atoms with E-state index >= 15 is 0 Å². The second-order valence-corrected chi connectivity index (χ2v) is 4.90. The first kappa shape index (κ1) is 13.7. The fourth-order valence-electron chi connectivity index (χ4n) is 2.40. The highest BCUT2D eigenvalue weighted by atomic mass is 16.3. The van der Waals surface area contributed by atoms with Gasteiger partial charge >= 0.3 is 0 Å². The van der Waals surface area contributed by atoms with Crippen molar-refractivity contribution in [2.24, 2.45) is 0 Å². The first-order chi connectivity index (χ1) is 7.84. The van der Waals surface area contributed by atoms with E-state index in [9.17, 15) is 5.11 Å². The minimum Gasteiger partial charge on any atom is -0.392 e. The van der Waals surface area contributed by atoms with Crippen LogP contribution in [0.1, 0.15) is 57.8 Å². The minimum atomic E-state index is -0.115. The molecule has 0 bridgehead atoms. The Morgan fingerprint density at radius 2 is 1.94 bits per heavy atom. The van der Waals surface area contributed by atoms with Crippen LogP contribution in [0.5, 0.6) is 0 Å². The number of nitrogens with one attached hydrogen (secondary N) is 1. The number of allylic oxidation sites excluding steroid dienone is 1. The first-order valence-electron chi connectivity index (χ1n) is 6.87. The van der Waals surface area contributed by atoms with Crippen molar-refractivity contribution in [3.8, 4) is 0 Å². The number of hydrogen-bond donors (Lipinski definition) is 2. The second kappa shape index (κ2) is 8.77. The molecule has 0 aromatic carbocycles. The molecule has 2 nitrogen and oxygen atoms in total. The largest absolute Gasteiger partial charge is 0.392 e. The average molecular weight is 225 g/mol. The van der Waals surface area contributed by atoms with Crippen LogP contribution >= 0.6 is 0 Å². The summed E-state index contributed by atoms with van der Waals surface area (Å²) in [6.07, 6.45) is 12.6. The number of hydrogen-bond acceptors (Lipinski definition) is 2. The smallest absolute Gasteiger partial charge is 0.0693 e. The number of aliphatic hydroxyl groups excluding tert-OH is 1. The van der Waals surface area contributed by atoms with Crippen LogP contribution in [0.3, 0.4) is 0 Å². The molecule has 2 heteroatoms. The van der Waals surface area contributed by atoms with Crippen molar-refractivity contribution in [3.63, 3.8) is 0 Å². The Balaban J connectivity index is 2.03. The summed E-state index contributed by atoms with van der Waals surface area (Å²) >= 11 is 0. The van der Waals surface area contributed by atoms with Crippen LogP contribution in [0.25, 0.3) is 0 Å². The maximum Gasteiger partial charge on any atom is 0.0693 e. The van der Waals surface area contributed by atoms with Gasteiger partial charge in [-0.3, -0.25) is 0 Å². The van der Waals surface area contributed by atoms with E-state index in [4.69, 9.17) is 0 Å². The summed E-state index contributed by atoms with van der Waals surface area (Å²) in [6, 6.07) is 0.349. The molecular formula is C14H27NO. The highest BCUT2D eigenvalue weighted by Gasteiger charge is 2.20. The lowest BCUT2D eigenvalue weighted by Gasteiger charge is -2.21. The Bertz CT molecular complexity index is 182. The predicted molar refractivity (Wildman–Crippen MR) is 69.5 cm³/mol. The van der Waals surface area contributed by atoms with E-state index in [1.54, 1.807) is 0 Å². The summed E-state index contributed by atoms with van der Waals surface area (Å²) in [7, 11) is 0. The Morgan fingerprint density at radius 1 is 1.12 bits per heavy atom. The fourth-order valence-corrected chi connectivity index (χ4v) is 2.40. The van der Waals surface area contributed by atoms with Crippen molar-refractivity contribution in [3.05, 3.63) is 12.7 Å². The fraction of sp³-hybridized carbons (Fsp3) is 0.857. The van der Waals surface area contributed by atoms with Gasteiger partial charge < -0.3 is 10.4 Å². The second-order valence-electron chi connectivity index (χ2n) is 4.90. The Morgan fingerprint density at radius 3 is 2.75 bits per heavy atom.